The Bertz CT molecular complexity index is 973. The molecule has 166 valence electrons. The number of benzene rings is 1. The highest BCUT2D eigenvalue weighted by molar-refractivity contribution is 5.90. The monoisotopic (exact) mass is 422 g/mol. The molecule has 1 aromatic heterocycles. The first-order chi connectivity index (χ1) is 14.8. The fourth-order valence-electron chi connectivity index (χ4n) is 6.85. The Balaban J connectivity index is 1.26. The van der Waals surface area contributed by atoms with Gasteiger partial charge in [0.05, 0.1) is 17.6 Å². The second-order valence-electron chi connectivity index (χ2n) is 10.7. The topological polar surface area (TPSA) is 76.0 Å². The first-order valence-corrected chi connectivity index (χ1v) is 11.8. The molecule has 2 aromatic rings. The Hall–Kier alpha value is -2.37. The summed E-state index contributed by atoms with van der Waals surface area (Å²) in [7, 11) is 1.96. The van der Waals surface area contributed by atoms with Crippen LogP contribution in [-0.2, 0) is 23.2 Å². The number of fused-ring (bicyclic) bond motifs is 1. The Morgan fingerprint density at radius 1 is 1.10 bits per heavy atom. The quantitative estimate of drug-likeness (QED) is 0.748. The molecular formula is C25H34N4O2. The predicted octanol–water partition coefficient (Wildman–Crippen LogP) is 3.55. The lowest BCUT2D eigenvalue weighted by molar-refractivity contribution is -0.149. The van der Waals surface area contributed by atoms with E-state index < -0.39 is 6.04 Å². The van der Waals surface area contributed by atoms with Gasteiger partial charge in [-0.3, -0.25) is 9.59 Å². The minimum absolute atomic E-state index is 0.0262. The minimum Gasteiger partial charge on any atom is -0.347 e. The molecule has 1 heterocycles. The smallest absolute Gasteiger partial charge is 0.243 e. The van der Waals surface area contributed by atoms with E-state index in [9.17, 15) is 9.59 Å². The molecule has 4 aliphatic carbocycles. The van der Waals surface area contributed by atoms with Gasteiger partial charge in [0.15, 0.2) is 0 Å². The zero-order valence-corrected chi connectivity index (χ0v) is 18.9. The largest absolute Gasteiger partial charge is 0.347 e. The number of carbonyl (C=O) groups excluding carboxylic acids is 2. The molecule has 6 nitrogen and oxygen atoms in total. The molecule has 0 spiro atoms. The first-order valence-electron chi connectivity index (χ1n) is 11.8. The van der Waals surface area contributed by atoms with Crippen molar-refractivity contribution in [2.24, 2.45) is 36.1 Å². The van der Waals surface area contributed by atoms with Gasteiger partial charge >= 0.3 is 0 Å². The summed E-state index contributed by atoms with van der Waals surface area (Å²) in [4.78, 5) is 31.2. The average molecular weight is 423 g/mol. The lowest BCUT2D eigenvalue weighted by Gasteiger charge is -2.55. The van der Waals surface area contributed by atoms with Gasteiger partial charge in [0, 0.05) is 12.5 Å². The van der Waals surface area contributed by atoms with Crippen LogP contribution in [0.3, 0.4) is 0 Å². The number of nitrogens with zero attached hydrogens (tertiary/aromatic N) is 2. The van der Waals surface area contributed by atoms with Gasteiger partial charge in [0.2, 0.25) is 11.8 Å². The summed E-state index contributed by atoms with van der Waals surface area (Å²) in [6, 6.07) is 7.43. The third-order valence-corrected chi connectivity index (χ3v) is 8.06. The molecule has 1 unspecified atom stereocenters. The molecule has 1 atom stereocenters. The Morgan fingerprint density at radius 3 is 2.29 bits per heavy atom. The molecule has 2 N–H and O–H groups in total. The van der Waals surface area contributed by atoms with Gasteiger partial charge in [-0.25, -0.2) is 4.98 Å². The number of rotatable bonds is 6. The van der Waals surface area contributed by atoms with E-state index in [1.54, 1.807) is 0 Å². The number of aromatic nitrogens is 2. The third kappa shape index (κ3) is 3.64. The Morgan fingerprint density at radius 2 is 1.71 bits per heavy atom. The van der Waals surface area contributed by atoms with Gasteiger partial charge in [0.25, 0.3) is 0 Å². The molecule has 4 fully saturated rings. The van der Waals surface area contributed by atoms with Gasteiger partial charge in [0.1, 0.15) is 11.9 Å². The van der Waals surface area contributed by atoms with Crippen molar-refractivity contribution in [1.29, 1.82) is 0 Å². The summed E-state index contributed by atoms with van der Waals surface area (Å²) in [5, 5.41) is 6.20. The van der Waals surface area contributed by atoms with Crippen molar-refractivity contribution in [2.75, 3.05) is 0 Å². The van der Waals surface area contributed by atoms with Crippen molar-refractivity contribution >= 4 is 22.8 Å². The van der Waals surface area contributed by atoms with Gasteiger partial charge < -0.3 is 15.2 Å². The fourth-order valence-corrected chi connectivity index (χ4v) is 6.85. The molecule has 1 aromatic carbocycles. The van der Waals surface area contributed by atoms with Crippen LogP contribution in [0.2, 0.25) is 0 Å². The third-order valence-electron chi connectivity index (χ3n) is 8.06. The standard InChI is InChI=1S/C25H34N4O2/c1-15(2)22(23(30)26-14-21-27-19-6-4-5-7-20(19)29(21)3)28-24(31)25-11-16-8-17(12-25)10-18(9-16)13-25/h4-7,15-18,22H,8-14H2,1-3H3,(H,26,30)(H,28,31). The maximum absolute atomic E-state index is 13.5. The van der Waals surface area contributed by atoms with Crippen LogP contribution in [0.15, 0.2) is 24.3 Å². The maximum atomic E-state index is 13.5. The SMILES string of the molecule is CC(C)C(NC(=O)C12CC3CC(CC(C3)C1)C2)C(=O)NCc1nc2ccccc2n1C. The predicted molar refractivity (Wildman–Crippen MR) is 120 cm³/mol. The van der Waals surface area contributed by atoms with Crippen LogP contribution in [-0.4, -0.2) is 27.4 Å². The van der Waals surface area contributed by atoms with Crippen LogP contribution in [0.5, 0.6) is 0 Å². The minimum atomic E-state index is -0.518. The highest BCUT2D eigenvalue weighted by Crippen LogP contribution is 2.60. The van der Waals surface area contributed by atoms with E-state index in [0.717, 1.165) is 36.1 Å². The highest BCUT2D eigenvalue weighted by atomic mass is 16.2. The molecule has 6 rings (SSSR count). The van der Waals surface area contributed by atoms with Gasteiger partial charge in [-0.05, 0) is 74.3 Å². The van der Waals surface area contributed by atoms with Crippen LogP contribution >= 0.6 is 0 Å². The van der Waals surface area contributed by atoms with Crippen molar-refractivity contribution in [2.45, 2.75) is 65.0 Å². The van der Waals surface area contributed by atoms with Crippen molar-refractivity contribution in [3.05, 3.63) is 30.1 Å². The molecule has 2 amide bonds. The normalized spacial score (nSPS) is 30.0. The molecule has 4 bridgehead atoms. The van der Waals surface area contributed by atoms with Crippen molar-refractivity contribution in [1.82, 2.24) is 20.2 Å². The van der Waals surface area contributed by atoms with Crippen LogP contribution in [0, 0.1) is 29.1 Å². The molecule has 31 heavy (non-hydrogen) atoms. The van der Waals surface area contributed by atoms with Gasteiger partial charge in [-0.15, -0.1) is 0 Å². The second kappa shape index (κ2) is 7.64. The number of para-hydroxylation sites is 2. The molecule has 0 saturated heterocycles. The second-order valence-corrected chi connectivity index (χ2v) is 10.7. The van der Waals surface area contributed by atoms with Crippen LogP contribution in [0.1, 0.15) is 58.2 Å². The summed E-state index contributed by atoms with van der Waals surface area (Å²) < 4.78 is 2.01. The lowest BCUT2D eigenvalue weighted by atomic mass is 9.49. The van der Waals surface area contributed by atoms with Crippen molar-refractivity contribution in [3.63, 3.8) is 0 Å². The number of aryl methyl sites for hydroxylation is 1. The van der Waals surface area contributed by atoms with Crippen LogP contribution < -0.4 is 10.6 Å². The molecule has 6 heteroatoms. The van der Waals surface area contributed by atoms with E-state index >= 15 is 0 Å². The van der Waals surface area contributed by atoms with E-state index in [1.807, 2.05) is 49.7 Å². The zero-order valence-electron chi connectivity index (χ0n) is 18.9. The van der Waals surface area contributed by atoms with Crippen LogP contribution in [0.4, 0.5) is 0 Å². The number of hydrogen-bond donors (Lipinski definition) is 2. The number of nitrogens with one attached hydrogen (secondary N) is 2. The Labute approximate surface area is 184 Å². The number of amides is 2. The summed E-state index contributed by atoms with van der Waals surface area (Å²) in [6.07, 6.45) is 6.95. The molecular weight excluding hydrogens is 388 g/mol. The number of hydrogen-bond acceptors (Lipinski definition) is 3. The van der Waals surface area contributed by atoms with E-state index in [-0.39, 0.29) is 23.1 Å². The number of carbonyl (C=O) groups is 2. The molecule has 0 aliphatic heterocycles. The number of imidazole rings is 1. The maximum Gasteiger partial charge on any atom is 0.243 e. The van der Waals surface area contributed by atoms with E-state index in [0.29, 0.717) is 24.3 Å². The summed E-state index contributed by atoms with van der Waals surface area (Å²) in [5.41, 5.74) is 1.73. The van der Waals surface area contributed by atoms with Gasteiger partial charge in [-0.2, -0.15) is 0 Å². The van der Waals surface area contributed by atoms with E-state index in [1.165, 1.54) is 19.3 Å². The van der Waals surface area contributed by atoms with Crippen LogP contribution in [0.25, 0.3) is 11.0 Å². The van der Waals surface area contributed by atoms with E-state index in [4.69, 9.17) is 0 Å². The fraction of sp³-hybridized carbons (Fsp3) is 0.640. The average Bonchev–Trinajstić information content (AvgIpc) is 3.04. The van der Waals surface area contributed by atoms with Gasteiger partial charge in [-0.1, -0.05) is 26.0 Å². The molecule has 4 saturated carbocycles. The van der Waals surface area contributed by atoms with E-state index in [2.05, 4.69) is 15.6 Å². The zero-order chi connectivity index (χ0) is 21.8. The Kier molecular flexibility index (Phi) is 5.06. The summed E-state index contributed by atoms with van der Waals surface area (Å²) in [6.45, 7) is 4.35. The molecule has 0 radical (unpaired) electrons. The molecule has 4 aliphatic rings. The van der Waals surface area contributed by atoms with Crippen molar-refractivity contribution < 1.29 is 9.59 Å². The van der Waals surface area contributed by atoms with Crippen molar-refractivity contribution in [3.8, 4) is 0 Å². The summed E-state index contributed by atoms with van der Waals surface area (Å²) >= 11 is 0. The lowest BCUT2D eigenvalue weighted by Crippen LogP contribution is -2.58. The highest BCUT2D eigenvalue weighted by Gasteiger charge is 2.55. The summed E-state index contributed by atoms with van der Waals surface area (Å²) in [5.74, 6) is 2.95. The first kappa shape index (κ1) is 20.5.